The molecule has 0 aliphatic rings. The average molecular weight is 295 g/mol. The van der Waals surface area contributed by atoms with E-state index in [1.54, 1.807) is 6.07 Å². The van der Waals surface area contributed by atoms with Crippen molar-refractivity contribution < 1.29 is 0 Å². The summed E-state index contributed by atoms with van der Waals surface area (Å²) in [6, 6.07) is 9.65. The van der Waals surface area contributed by atoms with Gasteiger partial charge >= 0.3 is 0 Å². The summed E-state index contributed by atoms with van der Waals surface area (Å²) < 4.78 is 0. The fourth-order valence-electron chi connectivity index (χ4n) is 2.27. The number of aryl methyl sites for hydroxylation is 2. The van der Waals surface area contributed by atoms with Gasteiger partial charge in [0.1, 0.15) is 0 Å². The second-order valence-electron chi connectivity index (χ2n) is 4.57. The van der Waals surface area contributed by atoms with Crippen molar-refractivity contribution in [3.63, 3.8) is 0 Å². The van der Waals surface area contributed by atoms with Gasteiger partial charge in [-0.2, -0.15) is 0 Å². The molecule has 0 saturated heterocycles. The van der Waals surface area contributed by atoms with Crippen molar-refractivity contribution >= 4 is 23.2 Å². The molecule has 0 amide bonds. The van der Waals surface area contributed by atoms with E-state index in [1.165, 1.54) is 0 Å². The van der Waals surface area contributed by atoms with Crippen LogP contribution in [0, 0.1) is 13.8 Å². The van der Waals surface area contributed by atoms with Crippen molar-refractivity contribution in [3.05, 3.63) is 62.9 Å². The van der Waals surface area contributed by atoms with Crippen molar-refractivity contribution in [3.8, 4) is 0 Å². The van der Waals surface area contributed by atoms with Crippen molar-refractivity contribution in [1.82, 2.24) is 10.3 Å². The molecule has 0 saturated carbocycles. The summed E-state index contributed by atoms with van der Waals surface area (Å²) in [7, 11) is 1.91. The van der Waals surface area contributed by atoms with Gasteiger partial charge < -0.3 is 5.32 Å². The highest BCUT2D eigenvalue weighted by Gasteiger charge is 2.16. The minimum atomic E-state index is 0.00611. The number of hydrogen-bond donors (Lipinski definition) is 1. The molecule has 100 valence electrons. The molecule has 2 nitrogen and oxygen atoms in total. The standard InChI is InChI=1S/C15H16Cl2N2/c1-9-6-11(7-10(2)19-9)15(18-3)13-8-12(16)4-5-14(13)17/h4-8,15,18H,1-3H3. The molecular formula is C15H16Cl2N2. The zero-order valence-electron chi connectivity index (χ0n) is 11.2. The monoisotopic (exact) mass is 294 g/mol. The Hall–Kier alpha value is -1.09. The minimum absolute atomic E-state index is 0.00611. The Labute approximate surface area is 123 Å². The number of halogens is 2. The molecule has 2 aromatic rings. The van der Waals surface area contributed by atoms with Crippen LogP contribution in [0.1, 0.15) is 28.6 Å². The van der Waals surface area contributed by atoms with Gasteiger partial charge in [-0.05, 0) is 62.4 Å². The van der Waals surface area contributed by atoms with Crippen LogP contribution in [0.4, 0.5) is 0 Å². The fraction of sp³-hybridized carbons (Fsp3) is 0.267. The highest BCUT2D eigenvalue weighted by molar-refractivity contribution is 6.33. The van der Waals surface area contributed by atoms with Gasteiger partial charge in [-0.15, -0.1) is 0 Å². The Morgan fingerprint density at radius 3 is 2.26 bits per heavy atom. The highest BCUT2D eigenvalue weighted by atomic mass is 35.5. The molecular weight excluding hydrogens is 279 g/mol. The third-order valence-electron chi connectivity index (χ3n) is 2.99. The predicted molar refractivity (Wildman–Crippen MR) is 81.1 cm³/mol. The number of pyridine rings is 1. The first-order chi connectivity index (χ1) is 9.01. The third-order valence-corrected chi connectivity index (χ3v) is 3.57. The van der Waals surface area contributed by atoms with E-state index in [-0.39, 0.29) is 6.04 Å². The molecule has 4 heteroatoms. The number of rotatable bonds is 3. The molecule has 0 spiro atoms. The maximum absolute atomic E-state index is 6.28. The van der Waals surface area contributed by atoms with E-state index in [9.17, 15) is 0 Å². The van der Waals surface area contributed by atoms with Crippen LogP contribution in [0.15, 0.2) is 30.3 Å². The van der Waals surface area contributed by atoms with E-state index in [2.05, 4.69) is 22.4 Å². The Balaban J connectivity index is 2.52. The van der Waals surface area contributed by atoms with Gasteiger partial charge in [-0.3, -0.25) is 4.98 Å². The summed E-state index contributed by atoms with van der Waals surface area (Å²) in [5.41, 5.74) is 4.10. The Kier molecular flexibility index (Phi) is 4.46. The number of nitrogens with one attached hydrogen (secondary N) is 1. The molecule has 0 aliphatic carbocycles. The zero-order chi connectivity index (χ0) is 14.0. The first-order valence-electron chi connectivity index (χ1n) is 6.08. The van der Waals surface area contributed by atoms with Crippen LogP contribution >= 0.6 is 23.2 Å². The number of benzene rings is 1. The van der Waals surface area contributed by atoms with E-state index in [4.69, 9.17) is 23.2 Å². The van der Waals surface area contributed by atoms with Gasteiger partial charge in [0.2, 0.25) is 0 Å². The smallest absolute Gasteiger partial charge is 0.0590 e. The van der Waals surface area contributed by atoms with Crippen molar-refractivity contribution in [2.75, 3.05) is 7.05 Å². The molecule has 1 atom stereocenters. The largest absolute Gasteiger partial charge is 0.309 e. The van der Waals surface area contributed by atoms with E-state index < -0.39 is 0 Å². The number of nitrogens with zero attached hydrogens (tertiary/aromatic N) is 1. The number of aromatic nitrogens is 1. The highest BCUT2D eigenvalue weighted by Crippen LogP contribution is 2.30. The van der Waals surface area contributed by atoms with Crippen LogP contribution in [0.2, 0.25) is 10.0 Å². The molecule has 0 bridgehead atoms. The topological polar surface area (TPSA) is 24.9 Å². The van der Waals surface area contributed by atoms with E-state index in [1.807, 2.05) is 33.0 Å². The van der Waals surface area contributed by atoms with Gasteiger partial charge in [0, 0.05) is 21.4 Å². The van der Waals surface area contributed by atoms with Gasteiger partial charge in [0.15, 0.2) is 0 Å². The van der Waals surface area contributed by atoms with Crippen LogP contribution in [-0.2, 0) is 0 Å². The van der Waals surface area contributed by atoms with Gasteiger partial charge in [-0.1, -0.05) is 23.2 Å². The van der Waals surface area contributed by atoms with Gasteiger partial charge in [0.05, 0.1) is 6.04 Å². The summed E-state index contributed by atoms with van der Waals surface area (Å²) in [4.78, 5) is 4.40. The second-order valence-corrected chi connectivity index (χ2v) is 5.41. The van der Waals surface area contributed by atoms with Crippen LogP contribution in [0.3, 0.4) is 0 Å². The summed E-state index contributed by atoms with van der Waals surface area (Å²) >= 11 is 12.4. The molecule has 1 N–H and O–H groups in total. The lowest BCUT2D eigenvalue weighted by Crippen LogP contribution is -2.18. The Morgan fingerprint density at radius 2 is 1.68 bits per heavy atom. The maximum atomic E-state index is 6.28. The average Bonchev–Trinajstić information content (AvgIpc) is 2.33. The maximum Gasteiger partial charge on any atom is 0.0590 e. The van der Waals surface area contributed by atoms with Gasteiger partial charge in [0.25, 0.3) is 0 Å². The molecule has 2 rings (SSSR count). The van der Waals surface area contributed by atoms with E-state index >= 15 is 0 Å². The molecule has 1 aromatic carbocycles. The second kappa shape index (κ2) is 5.91. The first kappa shape index (κ1) is 14.3. The van der Waals surface area contributed by atoms with Crippen molar-refractivity contribution in [2.45, 2.75) is 19.9 Å². The summed E-state index contributed by atoms with van der Waals surface area (Å²) in [5.74, 6) is 0. The molecule has 0 radical (unpaired) electrons. The fourth-order valence-corrected chi connectivity index (χ4v) is 2.68. The predicted octanol–water partition coefficient (Wildman–Crippen LogP) is 4.31. The van der Waals surface area contributed by atoms with Crippen molar-refractivity contribution in [2.24, 2.45) is 0 Å². The summed E-state index contributed by atoms with van der Waals surface area (Å²) in [5, 5.41) is 4.67. The quantitative estimate of drug-likeness (QED) is 0.912. The number of hydrogen-bond acceptors (Lipinski definition) is 2. The van der Waals surface area contributed by atoms with Crippen LogP contribution in [-0.4, -0.2) is 12.0 Å². The third kappa shape index (κ3) is 3.27. The molecule has 1 heterocycles. The van der Waals surface area contributed by atoms with Crippen molar-refractivity contribution in [1.29, 1.82) is 0 Å². The molecule has 0 fully saturated rings. The summed E-state index contributed by atoms with van der Waals surface area (Å²) in [6.07, 6.45) is 0. The summed E-state index contributed by atoms with van der Waals surface area (Å²) in [6.45, 7) is 3.98. The van der Waals surface area contributed by atoms with E-state index in [0.717, 1.165) is 22.5 Å². The first-order valence-corrected chi connectivity index (χ1v) is 6.84. The molecule has 1 aromatic heterocycles. The lowest BCUT2D eigenvalue weighted by molar-refractivity contribution is 0.689. The molecule has 0 aliphatic heterocycles. The van der Waals surface area contributed by atoms with Crippen LogP contribution in [0.25, 0.3) is 0 Å². The van der Waals surface area contributed by atoms with Crippen LogP contribution in [0.5, 0.6) is 0 Å². The SMILES string of the molecule is CNC(c1cc(C)nc(C)c1)c1cc(Cl)ccc1Cl. The molecule has 1 unspecified atom stereocenters. The minimum Gasteiger partial charge on any atom is -0.309 e. The lowest BCUT2D eigenvalue weighted by Gasteiger charge is -2.19. The van der Waals surface area contributed by atoms with Gasteiger partial charge in [-0.25, -0.2) is 0 Å². The normalized spacial score (nSPS) is 12.5. The Morgan fingerprint density at radius 1 is 1.05 bits per heavy atom. The molecule has 19 heavy (non-hydrogen) atoms. The van der Waals surface area contributed by atoms with Crippen LogP contribution < -0.4 is 5.32 Å². The zero-order valence-corrected chi connectivity index (χ0v) is 12.7. The van der Waals surface area contributed by atoms with E-state index in [0.29, 0.717) is 10.0 Å². The Bertz CT molecular complexity index is 576. The lowest BCUT2D eigenvalue weighted by atomic mass is 9.98.